The Balaban J connectivity index is 1.90. The summed E-state index contributed by atoms with van der Waals surface area (Å²) < 4.78 is 0. The Morgan fingerprint density at radius 2 is 2.10 bits per heavy atom. The van der Waals surface area contributed by atoms with E-state index >= 15 is 0 Å². The van der Waals surface area contributed by atoms with Crippen LogP contribution < -0.4 is 11.1 Å². The van der Waals surface area contributed by atoms with Crippen LogP contribution >= 0.6 is 0 Å². The van der Waals surface area contributed by atoms with Gasteiger partial charge in [-0.2, -0.15) is 0 Å². The third-order valence-corrected chi connectivity index (χ3v) is 5.21. The van der Waals surface area contributed by atoms with Crippen LogP contribution in [-0.4, -0.2) is 42.5 Å². The maximum Gasteiger partial charge on any atom is 0.238 e. The Hall–Kier alpha value is -0.610. The summed E-state index contributed by atoms with van der Waals surface area (Å²) >= 11 is 0. The molecule has 4 nitrogen and oxygen atoms in total. The van der Waals surface area contributed by atoms with Gasteiger partial charge in [-0.3, -0.25) is 4.79 Å². The van der Waals surface area contributed by atoms with E-state index in [2.05, 4.69) is 24.1 Å². The largest absolute Gasteiger partial charge is 0.368 e. The molecule has 0 saturated heterocycles. The zero-order valence-electron chi connectivity index (χ0n) is 13.2. The molecular weight excluding hydrogens is 250 g/mol. The first-order chi connectivity index (χ1) is 9.62. The molecule has 2 atom stereocenters. The van der Waals surface area contributed by atoms with Crippen molar-refractivity contribution in [2.45, 2.75) is 57.9 Å². The van der Waals surface area contributed by atoms with Gasteiger partial charge in [0.25, 0.3) is 0 Å². The number of nitrogens with one attached hydrogen (secondary N) is 1. The number of primary amides is 1. The van der Waals surface area contributed by atoms with E-state index in [1.54, 1.807) is 0 Å². The smallest absolute Gasteiger partial charge is 0.238 e. The molecule has 2 aliphatic carbocycles. The highest BCUT2D eigenvalue weighted by Crippen LogP contribution is 2.38. The Kier molecular flexibility index (Phi) is 5.44. The van der Waals surface area contributed by atoms with Gasteiger partial charge < -0.3 is 16.0 Å². The first-order valence-electron chi connectivity index (χ1n) is 8.39. The highest BCUT2D eigenvalue weighted by Gasteiger charge is 2.46. The Bertz CT molecular complexity index is 330. The second-order valence-corrected chi connectivity index (χ2v) is 6.58. The summed E-state index contributed by atoms with van der Waals surface area (Å²) in [6, 6.07) is 0. The lowest BCUT2D eigenvalue weighted by atomic mass is 9.83. The number of carbonyl (C=O) groups is 1. The van der Waals surface area contributed by atoms with Crippen LogP contribution in [0, 0.1) is 11.8 Å². The van der Waals surface area contributed by atoms with Crippen molar-refractivity contribution in [2.75, 3.05) is 26.2 Å². The van der Waals surface area contributed by atoms with Gasteiger partial charge >= 0.3 is 0 Å². The van der Waals surface area contributed by atoms with Crippen LogP contribution in [0.4, 0.5) is 0 Å². The monoisotopic (exact) mass is 281 g/mol. The molecule has 2 unspecified atom stereocenters. The maximum atomic E-state index is 12.0. The van der Waals surface area contributed by atoms with E-state index in [0.29, 0.717) is 5.92 Å². The Morgan fingerprint density at radius 3 is 2.65 bits per heavy atom. The molecule has 116 valence electrons. The zero-order valence-corrected chi connectivity index (χ0v) is 13.2. The second kappa shape index (κ2) is 6.90. The molecule has 4 heteroatoms. The molecule has 2 rings (SSSR count). The van der Waals surface area contributed by atoms with E-state index in [-0.39, 0.29) is 5.91 Å². The van der Waals surface area contributed by atoms with Crippen LogP contribution in [0.1, 0.15) is 52.4 Å². The summed E-state index contributed by atoms with van der Waals surface area (Å²) in [4.78, 5) is 14.5. The van der Waals surface area contributed by atoms with E-state index in [1.165, 1.54) is 19.4 Å². The minimum absolute atomic E-state index is 0.146. The third kappa shape index (κ3) is 3.53. The van der Waals surface area contributed by atoms with E-state index in [1.807, 2.05) is 0 Å². The van der Waals surface area contributed by atoms with Crippen molar-refractivity contribution in [1.82, 2.24) is 10.2 Å². The second-order valence-electron chi connectivity index (χ2n) is 6.58. The van der Waals surface area contributed by atoms with Crippen LogP contribution in [-0.2, 0) is 4.79 Å². The van der Waals surface area contributed by atoms with Gasteiger partial charge in [0.1, 0.15) is 5.54 Å². The van der Waals surface area contributed by atoms with Crippen LogP contribution in [0.5, 0.6) is 0 Å². The molecule has 3 N–H and O–H groups in total. The lowest BCUT2D eigenvalue weighted by molar-refractivity contribution is -0.126. The van der Waals surface area contributed by atoms with Crippen LogP contribution in [0.15, 0.2) is 0 Å². The van der Waals surface area contributed by atoms with Gasteiger partial charge in [0.2, 0.25) is 5.91 Å². The summed E-state index contributed by atoms with van der Waals surface area (Å²) in [6.45, 7) is 8.59. The predicted octanol–water partition coefficient (Wildman–Crippen LogP) is 1.74. The lowest BCUT2D eigenvalue weighted by Crippen LogP contribution is -2.58. The van der Waals surface area contributed by atoms with Crippen molar-refractivity contribution in [1.29, 1.82) is 0 Å². The fraction of sp³-hybridized carbons (Fsp3) is 0.938. The quantitative estimate of drug-likeness (QED) is 0.677. The molecule has 0 bridgehead atoms. The highest BCUT2D eigenvalue weighted by molar-refractivity contribution is 5.85. The van der Waals surface area contributed by atoms with Crippen molar-refractivity contribution in [3.63, 3.8) is 0 Å². The van der Waals surface area contributed by atoms with Crippen molar-refractivity contribution >= 4 is 5.91 Å². The molecule has 2 aliphatic rings. The van der Waals surface area contributed by atoms with Crippen LogP contribution in [0.3, 0.4) is 0 Å². The number of nitrogens with two attached hydrogens (primary N) is 1. The number of likely N-dealkylation sites (N-methyl/N-ethyl adjacent to an activating group) is 1. The van der Waals surface area contributed by atoms with Gasteiger partial charge in [-0.05, 0) is 63.6 Å². The zero-order chi connectivity index (χ0) is 14.6. The lowest BCUT2D eigenvalue weighted by Gasteiger charge is -2.34. The summed E-state index contributed by atoms with van der Waals surface area (Å²) in [5, 5.41) is 3.41. The van der Waals surface area contributed by atoms with Gasteiger partial charge in [0.05, 0.1) is 0 Å². The number of rotatable bonds is 9. The molecule has 2 fully saturated rings. The fourth-order valence-electron chi connectivity index (χ4n) is 3.81. The van der Waals surface area contributed by atoms with Crippen molar-refractivity contribution in [2.24, 2.45) is 17.6 Å². The predicted molar refractivity (Wildman–Crippen MR) is 82.4 cm³/mol. The van der Waals surface area contributed by atoms with Crippen molar-refractivity contribution in [3.05, 3.63) is 0 Å². The van der Waals surface area contributed by atoms with Gasteiger partial charge in [-0.15, -0.1) is 0 Å². The molecular formula is C16H31N3O. The van der Waals surface area contributed by atoms with E-state index in [4.69, 9.17) is 5.73 Å². The first-order valence-corrected chi connectivity index (χ1v) is 8.39. The molecule has 0 heterocycles. The van der Waals surface area contributed by atoms with Gasteiger partial charge in [0.15, 0.2) is 0 Å². The standard InChI is InChI=1S/C16H31N3O/c1-3-18-16(15(17)20)10-5-6-14(16)9-11-19(4-2)12-13-7-8-13/h13-14,18H,3-12H2,1-2H3,(H2,17,20). The maximum absolute atomic E-state index is 12.0. The van der Waals surface area contributed by atoms with Crippen molar-refractivity contribution in [3.8, 4) is 0 Å². The molecule has 2 saturated carbocycles. The number of hydrogen-bond donors (Lipinski definition) is 2. The number of hydrogen-bond acceptors (Lipinski definition) is 3. The SMILES string of the molecule is CCNC1(C(N)=O)CCCC1CCN(CC)CC1CC1. The first kappa shape index (κ1) is 15.8. The van der Waals surface area contributed by atoms with Crippen molar-refractivity contribution < 1.29 is 4.79 Å². The third-order valence-electron chi connectivity index (χ3n) is 5.21. The normalized spacial score (nSPS) is 30.1. The molecule has 0 spiro atoms. The number of amides is 1. The molecule has 0 radical (unpaired) electrons. The van der Waals surface area contributed by atoms with E-state index in [0.717, 1.165) is 51.2 Å². The fourth-order valence-corrected chi connectivity index (χ4v) is 3.81. The highest BCUT2D eigenvalue weighted by atomic mass is 16.1. The van der Waals surface area contributed by atoms with Gasteiger partial charge in [-0.1, -0.05) is 20.3 Å². The Morgan fingerprint density at radius 1 is 1.35 bits per heavy atom. The topological polar surface area (TPSA) is 58.4 Å². The van der Waals surface area contributed by atoms with Gasteiger partial charge in [-0.25, -0.2) is 0 Å². The summed E-state index contributed by atoms with van der Waals surface area (Å²) in [5.74, 6) is 1.20. The molecule has 0 aliphatic heterocycles. The molecule has 0 aromatic rings. The van der Waals surface area contributed by atoms with E-state index < -0.39 is 5.54 Å². The molecule has 0 aromatic carbocycles. The minimum Gasteiger partial charge on any atom is -0.368 e. The summed E-state index contributed by atoms with van der Waals surface area (Å²) in [5.41, 5.74) is 5.29. The Labute approximate surface area is 123 Å². The summed E-state index contributed by atoms with van der Waals surface area (Å²) in [7, 11) is 0. The van der Waals surface area contributed by atoms with E-state index in [9.17, 15) is 4.79 Å². The van der Waals surface area contributed by atoms with Crippen LogP contribution in [0.25, 0.3) is 0 Å². The average molecular weight is 281 g/mol. The summed E-state index contributed by atoms with van der Waals surface area (Å²) in [6.07, 6.45) is 7.07. The molecule has 0 aromatic heterocycles. The molecule has 1 amide bonds. The average Bonchev–Trinajstić information content (AvgIpc) is 3.15. The number of nitrogens with zero attached hydrogens (tertiary/aromatic N) is 1. The van der Waals surface area contributed by atoms with Gasteiger partial charge in [0, 0.05) is 6.54 Å². The number of carbonyl (C=O) groups excluding carboxylic acids is 1. The minimum atomic E-state index is -0.437. The van der Waals surface area contributed by atoms with Crippen LogP contribution in [0.2, 0.25) is 0 Å². The molecule has 20 heavy (non-hydrogen) atoms.